The molecule has 1 aromatic rings. The number of hydrogen-bond acceptors (Lipinski definition) is 3. The van der Waals surface area contributed by atoms with Crippen molar-refractivity contribution in [1.29, 1.82) is 0 Å². The lowest BCUT2D eigenvalue weighted by atomic mass is 10.1. The molecule has 0 saturated carbocycles. The Bertz CT molecular complexity index is 350. The number of nitrogens with one attached hydrogen (secondary N) is 1. The molecule has 2 rings (SSSR count). The normalized spacial score (nSPS) is 24.6. The van der Waals surface area contributed by atoms with Crippen LogP contribution in [0.25, 0.3) is 0 Å². The number of aryl methyl sites for hydroxylation is 2. The standard InChI is InChI=1S/C14H21NO2/c1-10-5-4-6-11(2)14(10)17-9-13-7-15-12(3)8-16-13/h4-6,12-13,15H,7-9H2,1-3H3. The Labute approximate surface area is 103 Å². The third-order valence-corrected chi connectivity index (χ3v) is 3.10. The smallest absolute Gasteiger partial charge is 0.125 e. The van der Waals surface area contributed by atoms with Crippen molar-refractivity contribution in [3.63, 3.8) is 0 Å². The van der Waals surface area contributed by atoms with Crippen LogP contribution in [0.5, 0.6) is 5.75 Å². The first-order valence-corrected chi connectivity index (χ1v) is 6.21. The molecular formula is C14H21NO2. The molecule has 0 aromatic heterocycles. The lowest BCUT2D eigenvalue weighted by Crippen LogP contribution is -2.46. The van der Waals surface area contributed by atoms with Crippen LogP contribution in [0.2, 0.25) is 0 Å². The molecule has 2 atom stereocenters. The van der Waals surface area contributed by atoms with E-state index in [0.717, 1.165) is 18.9 Å². The molecule has 0 radical (unpaired) electrons. The van der Waals surface area contributed by atoms with E-state index >= 15 is 0 Å². The molecule has 1 aromatic carbocycles. The average molecular weight is 235 g/mol. The van der Waals surface area contributed by atoms with Gasteiger partial charge in [-0.1, -0.05) is 18.2 Å². The molecule has 1 aliphatic rings. The van der Waals surface area contributed by atoms with Gasteiger partial charge in [0.25, 0.3) is 0 Å². The van der Waals surface area contributed by atoms with Gasteiger partial charge in [-0.05, 0) is 31.9 Å². The minimum atomic E-state index is 0.158. The van der Waals surface area contributed by atoms with Crippen molar-refractivity contribution in [1.82, 2.24) is 5.32 Å². The van der Waals surface area contributed by atoms with Crippen LogP contribution >= 0.6 is 0 Å². The molecule has 17 heavy (non-hydrogen) atoms. The van der Waals surface area contributed by atoms with E-state index < -0.39 is 0 Å². The van der Waals surface area contributed by atoms with Crippen molar-refractivity contribution in [2.24, 2.45) is 0 Å². The van der Waals surface area contributed by atoms with E-state index in [0.29, 0.717) is 12.6 Å². The molecule has 0 bridgehead atoms. The highest BCUT2D eigenvalue weighted by Crippen LogP contribution is 2.22. The van der Waals surface area contributed by atoms with Crippen LogP contribution in [0, 0.1) is 13.8 Å². The summed E-state index contributed by atoms with van der Waals surface area (Å²) in [6.45, 7) is 8.52. The van der Waals surface area contributed by atoms with Gasteiger partial charge in [-0.3, -0.25) is 0 Å². The zero-order chi connectivity index (χ0) is 12.3. The van der Waals surface area contributed by atoms with Crippen molar-refractivity contribution in [2.45, 2.75) is 32.9 Å². The second kappa shape index (κ2) is 5.52. The minimum Gasteiger partial charge on any atom is -0.490 e. The number of benzene rings is 1. The SMILES string of the molecule is Cc1cccc(C)c1OCC1CNC(C)CO1. The number of hydrogen-bond donors (Lipinski definition) is 1. The molecule has 3 heteroatoms. The van der Waals surface area contributed by atoms with Gasteiger partial charge in [-0.15, -0.1) is 0 Å². The molecule has 1 fully saturated rings. The van der Waals surface area contributed by atoms with Gasteiger partial charge in [0.15, 0.2) is 0 Å². The fourth-order valence-corrected chi connectivity index (χ4v) is 2.04. The number of rotatable bonds is 3. The van der Waals surface area contributed by atoms with Gasteiger partial charge < -0.3 is 14.8 Å². The second-order valence-corrected chi connectivity index (χ2v) is 4.80. The third-order valence-electron chi connectivity index (χ3n) is 3.10. The van der Waals surface area contributed by atoms with Gasteiger partial charge >= 0.3 is 0 Å². The summed E-state index contributed by atoms with van der Waals surface area (Å²) in [5, 5.41) is 3.39. The predicted octanol–water partition coefficient (Wildman–Crippen LogP) is 2.06. The maximum Gasteiger partial charge on any atom is 0.125 e. The monoisotopic (exact) mass is 235 g/mol. The van der Waals surface area contributed by atoms with Crippen LogP contribution in [0.4, 0.5) is 0 Å². The fraction of sp³-hybridized carbons (Fsp3) is 0.571. The topological polar surface area (TPSA) is 30.5 Å². The van der Waals surface area contributed by atoms with Gasteiger partial charge in [0, 0.05) is 12.6 Å². The molecule has 3 nitrogen and oxygen atoms in total. The first-order chi connectivity index (χ1) is 8.16. The summed E-state index contributed by atoms with van der Waals surface area (Å²) in [7, 11) is 0. The van der Waals surface area contributed by atoms with Crippen molar-refractivity contribution in [3.05, 3.63) is 29.3 Å². The zero-order valence-electron chi connectivity index (χ0n) is 10.8. The minimum absolute atomic E-state index is 0.158. The van der Waals surface area contributed by atoms with E-state index in [4.69, 9.17) is 9.47 Å². The number of morpholine rings is 1. The molecule has 94 valence electrons. The molecule has 1 N–H and O–H groups in total. The van der Waals surface area contributed by atoms with Crippen molar-refractivity contribution >= 4 is 0 Å². The fourth-order valence-electron chi connectivity index (χ4n) is 2.04. The first-order valence-electron chi connectivity index (χ1n) is 6.21. The lowest BCUT2D eigenvalue weighted by Gasteiger charge is -2.28. The maximum atomic E-state index is 5.88. The van der Waals surface area contributed by atoms with Crippen LogP contribution in [-0.2, 0) is 4.74 Å². The molecule has 1 aliphatic heterocycles. The van der Waals surface area contributed by atoms with Crippen LogP contribution < -0.4 is 10.1 Å². The van der Waals surface area contributed by atoms with E-state index in [1.54, 1.807) is 0 Å². The van der Waals surface area contributed by atoms with Gasteiger partial charge in [0.2, 0.25) is 0 Å². The Morgan fingerprint density at radius 1 is 1.35 bits per heavy atom. The summed E-state index contributed by atoms with van der Waals surface area (Å²) >= 11 is 0. The number of ether oxygens (including phenoxy) is 2. The Hall–Kier alpha value is -1.06. The van der Waals surface area contributed by atoms with Gasteiger partial charge in [0.05, 0.1) is 6.61 Å². The van der Waals surface area contributed by atoms with Crippen LogP contribution in [-0.4, -0.2) is 31.9 Å². The van der Waals surface area contributed by atoms with E-state index in [1.165, 1.54) is 11.1 Å². The highest BCUT2D eigenvalue weighted by atomic mass is 16.5. The Balaban J connectivity index is 1.89. The Kier molecular flexibility index (Phi) is 4.02. The van der Waals surface area contributed by atoms with Crippen LogP contribution in [0.1, 0.15) is 18.1 Å². The van der Waals surface area contributed by atoms with Crippen molar-refractivity contribution in [3.8, 4) is 5.75 Å². The molecule has 0 aliphatic carbocycles. The predicted molar refractivity (Wildman–Crippen MR) is 68.6 cm³/mol. The number of para-hydroxylation sites is 1. The Morgan fingerprint density at radius 3 is 2.65 bits per heavy atom. The molecule has 2 unspecified atom stereocenters. The zero-order valence-corrected chi connectivity index (χ0v) is 10.8. The second-order valence-electron chi connectivity index (χ2n) is 4.80. The van der Waals surface area contributed by atoms with Crippen LogP contribution in [0.15, 0.2) is 18.2 Å². The largest absolute Gasteiger partial charge is 0.490 e. The molecule has 1 saturated heterocycles. The molecule has 0 amide bonds. The quantitative estimate of drug-likeness (QED) is 0.870. The molecule has 0 spiro atoms. The highest BCUT2D eigenvalue weighted by Gasteiger charge is 2.18. The maximum absolute atomic E-state index is 5.88. The lowest BCUT2D eigenvalue weighted by molar-refractivity contribution is -0.0167. The Morgan fingerprint density at radius 2 is 2.06 bits per heavy atom. The van der Waals surface area contributed by atoms with E-state index in [2.05, 4.69) is 44.3 Å². The third kappa shape index (κ3) is 3.20. The highest BCUT2D eigenvalue weighted by molar-refractivity contribution is 5.39. The first kappa shape index (κ1) is 12.4. The summed E-state index contributed by atoms with van der Waals surface area (Å²) in [4.78, 5) is 0. The summed E-state index contributed by atoms with van der Waals surface area (Å²) in [5.41, 5.74) is 2.37. The van der Waals surface area contributed by atoms with Crippen molar-refractivity contribution in [2.75, 3.05) is 19.8 Å². The van der Waals surface area contributed by atoms with Crippen LogP contribution in [0.3, 0.4) is 0 Å². The summed E-state index contributed by atoms with van der Waals surface area (Å²) in [6.07, 6.45) is 0.158. The van der Waals surface area contributed by atoms with Gasteiger partial charge in [-0.25, -0.2) is 0 Å². The van der Waals surface area contributed by atoms with Crippen molar-refractivity contribution < 1.29 is 9.47 Å². The summed E-state index contributed by atoms with van der Waals surface area (Å²) in [6, 6.07) is 6.65. The average Bonchev–Trinajstić information content (AvgIpc) is 2.31. The van der Waals surface area contributed by atoms with E-state index in [1.807, 2.05) is 0 Å². The van der Waals surface area contributed by atoms with E-state index in [9.17, 15) is 0 Å². The molecular weight excluding hydrogens is 214 g/mol. The summed E-state index contributed by atoms with van der Waals surface area (Å²) < 4.78 is 11.6. The summed E-state index contributed by atoms with van der Waals surface area (Å²) in [5.74, 6) is 0.995. The molecule has 1 heterocycles. The van der Waals surface area contributed by atoms with Gasteiger partial charge in [0.1, 0.15) is 18.5 Å². The van der Waals surface area contributed by atoms with Gasteiger partial charge in [-0.2, -0.15) is 0 Å². The van der Waals surface area contributed by atoms with E-state index in [-0.39, 0.29) is 6.10 Å².